The second kappa shape index (κ2) is 6.22. The van der Waals surface area contributed by atoms with E-state index in [2.05, 4.69) is 26.2 Å². The van der Waals surface area contributed by atoms with E-state index in [1.54, 1.807) is 13.3 Å². The van der Waals surface area contributed by atoms with Gasteiger partial charge in [0.25, 0.3) is 0 Å². The number of benzene rings is 1. The van der Waals surface area contributed by atoms with Crippen LogP contribution in [0.2, 0.25) is 5.02 Å². The average molecular weight is 331 g/mol. The highest BCUT2D eigenvalue weighted by Gasteiger charge is 2.08. The van der Waals surface area contributed by atoms with Gasteiger partial charge in [0.15, 0.2) is 0 Å². The minimum Gasteiger partial charge on any atom is -0.383 e. The summed E-state index contributed by atoms with van der Waals surface area (Å²) < 4.78 is 7.87. The lowest BCUT2D eigenvalue weighted by Crippen LogP contribution is -2.11. The molecule has 0 saturated heterocycles. The molecule has 18 heavy (non-hydrogen) atoms. The van der Waals surface area contributed by atoms with Gasteiger partial charge in [-0.1, -0.05) is 27.5 Å². The summed E-state index contributed by atoms with van der Waals surface area (Å²) in [7, 11) is 1.67. The van der Waals surface area contributed by atoms with Gasteiger partial charge in [-0.25, -0.2) is 4.98 Å². The van der Waals surface area contributed by atoms with Gasteiger partial charge in [-0.15, -0.1) is 0 Å². The van der Waals surface area contributed by atoms with E-state index in [1.807, 2.05) is 29.0 Å². The molecular formula is C12H13BrClN3O. The van der Waals surface area contributed by atoms with E-state index >= 15 is 0 Å². The molecule has 0 atom stereocenters. The Labute approximate surface area is 119 Å². The van der Waals surface area contributed by atoms with Crippen LogP contribution in [0.15, 0.2) is 35.1 Å². The summed E-state index contributed by atoms with van der Waals surface area (Å²) in [5.74, 6) is 0.743. The molecule has 2 rings (SSSR count). The van der Waals surface area contributed by atoms with Gasteiger partial charge in [-0.05, 0) is 18.2 Å². The fraction of sp³-hybridized carbons (Fsp3) is 0.250. The number of aromatic nitrogens is 2. The van der Waals surface area contributed by atoms with Crippen molar-refractivity contribution in [3.8, 4) is 5.69 Å². The van der Waals surface area contributed by atoms with Gasteiger partial charge in [0.1, 0.15) is 0 Å². The summed E-state index contributed by atoms with van der Waals surface area (Å²) >= 11 is 9.64. The normalized spacial score (nSPS) is 10.6. The van der Waals surface area contributed by atoms with Gasteiger partial charge in [0, 0.05) is 30.5 Å². The standard InChI is InChI=1S/C12H13BrClN3O/c1-18-7-5-16-12-15-4-6-17(12)11-8-9(13)2-3-10(11)14/h2-4,6,8H,5,7H2,1H3,(H,15,16). The van der Waals surface area contributed by atoms with Crippen molar-refractivity contribution in [1.82, 2.24) is 9.55 Å². The molecule has 0 bridgehead atoms. The van der Waals surface area contributed by atoms with Crippen LogP contribution < -0.4 is 5.32 Å². The molecule has 2 aromatic rings. The van der Waals surface area contributed by atoms with Crippen molar-refractivity contribution in [2.45, 2.75) is 0 Å². The lowest BCUT2D eigenvalue weighted by Gasteiger charge is -2.11. The maximum Gasteiger partial charge on any atom is 0.207 e. The number of nitrogens with one attached hydrogen (secondary N) is 1. The summed E-state index contributed by atoms with van der Waals surface area (Å²) in [6.07, 6.45) is 3.59. The van der Waals surface area contributed by atoms with Crippen LogP contribution in [0.4, 0.5) is 5.95 Å². The second-order valence-electron chi connectivity index (χ2n) is 3.64. The van der Waals surface area contributed by atoms with Crippen LogP contribution in [0, 0.1) is 0 Å². The quantitative estimate of drug-likeness (QED) is 0.855. The lowest BCUT2D eigenvalue weighted by atomic mass is 10.3. The van der Waals surface area contributed by atoms with Crippen LogP contribution in [0.1, 0.15) is 0 Å². The van der Waals surface area contributed by atoms with Crippen LogP contribution in [0.3, 0.4) is 0 Å². The number of nitrogens with zero attached hydrogens (tertiary/aromatic N) is 2. The topological polar surface area (TPSA) is 39.1 Å². The number of hydrogen-bond donors (Lipinski definition) is 1. The van der Waals surface area contributed by atoms with E-state index in [0.717, 1.165) is 16.1 Å². The Hall–Kier alpha value is -1.04. The molecule has 1 aromatic carbocycles. The number of methoxy groups -OCH3 is 1. The Morgan fingerprint density at radius 2 is 2.33 bits per heavy atom. The molecular weight excluding hydrogens is 318 g/mol. The van der Waals surface area contributed by atoms with Gasteiger partial charge in [0.05, 0.1) is 17.3 Å². The molecule has 0 fully saturated rings. The monoisotopic (exact) mass is 329 g/mol. The molecule has 6 heteroatoms. The molecule has 0 radical (unpaired) electrons. The van der Waals surface area contributed by atoms with Crippen LogP contribution in [0.5, 0.6) is 0 Å². The molecule has 0 spiro atoms. The first kappa shape index (κ1) is 13.4. The number of imidazole rings is 1. The minimum absolute atomic E-state index is 0.624. The highest BCUT2D eigenvalue weighted by molar-refractivity contribution is 9.10. The van der Waals surface area contributed by atoms with Gasteiger partial charge in [-0.3, -0.25) is 4.57 Å². The third kappa shape index (κ3) is 3.04. The van der Waals surface area contributed by atoms with Crippen molar-refractivity contribution in [3.63, 3.8) is 0 Å². The Bertz CT molecular complexity index is 530. The van der Waals surface area contributed by atoms with Crippen LogP contribution >= 0.6 is 27.5 Å². The zero-order valence-corrected chi connectivity index (χ0v) is 12.2. The van der Waals surface area contributed by atoms with Gasteiger partial charge in [-0.2, -0.15) is 0 Å². The maximum absolute atomic E-state index is 6.20. The van der Waals surface area contributed by atoms with Crippen LogP contribution in [-0.4, -0.2) is 29.8 Å². The Balaban J connectivity index is 2.27. The van der Waals surface area contributed by atoms with Gasteiger partial charge >= 0.3 is 0 Å². The lowest BCUT2D eigenvalue weighted by molar-refractivity contribution is 0.210. The van der Waals surface area contributed by atoms with Gasteiger partial charge < -0.3 is 10.1 Å². The zero-order chi connectivity index (χ0) is 13.0. The molecule has 1 N–H and O–H groups in total. The van der Waals surface area contributed by atoms with E-state index in [0.29, 0.717) is 18.2 Å². The fourth-order valence-electron chi connectivity index (χ4n) is 1.56. The van der Waals surface area contributed by atoms with E-state index in [9.17, 15) is 0 Å². The maximum atomic E-state index is 6.20. The minimum atomic E-state index is 0.624. The van der Waals surface area contributed by atoms with E-state index < -0.39 is 0 Å². The SMILES string of the molecule is COCCNc1nccn1-c1cc(Br)ccc1Cl. The third-order valence-corrected chi connectivity index (χ3v) is 3.21. The number of ether oxygens (including phenoxy) is 1. The summed E-state index contributed by atoms with van der Waals surface area (Å²) in [6.45, 7) is 1.32. The summed E-state index contributed by atoms with van der Waals surface area (Å²) in [4.78, 5) is 4.26. The third-order valence-electron chi connectivity index (χ3n) is 2.40. The second-order valence-corrected chi connectivity index (χ2v) is 4.96. The molecule has 0 aliphatic rings. The number of anilines is 1. The highest BCUT2D eigenvalue weighted by atomic mass is 79.9. The van der Waals surface area contributed by atoms with Crippen molar-refractivity contribution < 1.29 is 4.74 Å². The highest BCUT2D eigenvalue weighted by Crippen LogP contribution is 2.26. The fourth-order valence-corrected chi connectivity index (χ4v) is 2.12. The number of halogens is 2. The van der Waals surface area contributed by atoms with Crippen LogP contribution in [-0.2, 0) is 4.74 Å². The van der Waals surface area contributed by atoms with E-state index in [1.165, 1.54) is 0 Å². The summed E-state index contributed by atoms with van der Waals surface area (Å²) in [5.41, 5.74) is 0.878. The predicted octanol–water partition coefficient (Wildman–Crippen LogP) is 3.35. The van der Waals surface area contributed by atoms with Crippen molar-refractivity contribution in [1.29, 1.82) is 0 Å². The Kier molecular flexibility index (Phi) is 4.63. The predicted molar refractivity (Wildman–Crippen MR) is 76.6 cm³/mol. The number of hydrogen-bond acceptors (Lipinski definition) is 3. The molecule has 0 amide bonds. The molecule has 0 saturated carbocycles. The van der Waals surface area contributed by atoms with Crippen molar-refractivity contribution in [2.24, 2.45) is 0 Å². The first-order chi connectivity index (χ1) is 8.72. The first-order valence-electron chi connectivity index (χ1n) is 5.44. The summed E-state index contributed by atoms with van der Waals surface area (Å²) in [6, 6.07) is 5.70. The van der Waals surface area contributed by atoms with Crippen molar-refractivity contribution in [3.05, 3.63) is 40.1 Å². The molecule has 0 unspecified atom stereocenters. The average Bonchev–Trinajstić information content (AvgIpc) is 2.81. The smallest absolute Gasteiger partial charge is 0.207 e. The molecule has 4 nitrogen and oxygen atoms in total. The summed E-state index contributed by atoms with van der Waals surface area (Å²) in [5, 5.41) is 3.86. The van der Waals surface area contributed by atoms with Gasteiger partial charge in [0.2, 0.25) is 5.95 Å². The number of rotatable bonds is 5. The molecule has 1 heterocycles. The molecule has 1 aromatic heterocycles. The van der Waals surface area contributed by atoms with Crippen molar-refractivity contribution >= 4 is 33.5 Å². The molecule has 0 aliphatic heterocycles. The largest absolute Gasteiger partial charge is 0.383 e. The van der Waals surface area contributed by atoms with E-state index in [-0.39, 0.29) is 0 Å². The first-order valence-corrected chi connectivity index (χ1v) is 6.61. The van der Waals surface area contributed by atoms with Crippen LogP contribution in [0.25, 0.3) is 5.69 Å². The Morgan fingerprint density at radius 1 is 1.50 bits per heavy atom. The Morgan fingerprint density at radius 3 is 3.11 bits per heavy atom. The molecule has 96 valence electrons. The van der Waals surface area contributed by atoms with E-state index in [4.69, 9.17) is 16.3 Å². The molecule has 0 aliphatic carbocycles. The van der Waals surface area contributed by atoms with Crippen molar-refractivity contribution in [2.75, 3.05) is 25.6 Å². The zero-order valence-electron chi connectivity index (χ0n) is 9.86.